The Morgan fingerprint density at radius 3 is 2.95 bits per heavy atom. The van der Waals surface area contributed by atoms with Gasteiger partial charge in [-0.3, -0.25) is 0 Å². The number of nitrogens with zero attached hydrogens (tertiary/aromatic N) is 3. The van der Waals surface area contributed by atoms with Gasteiger partial charge in [-0.2, -0.15) is 5.26 Å². The van der Waals surface area contributed by atoms with Gasteiger partial charge in [-0.25, -0.2) is 4.98 Å². The molecular formula is C16H21N3O. The molecule has 4 nitrogen and oxygen atoms in total. The highest BCUT2D eigenvalue weighted by Crippen LogP contribution is 2.41. The third-order valence-electron chi connectivity index (χ3n) is 4.30. The van der Waals surface area contributed by atoms with E-state index in [0.29, 0.717) is 29.5 Å². The molecule has 0 radical (unpaired) electrons. The summed E-state index contributed by atoms with van der Waals surface area (Å²) in [7, 11) is 0. The van der Waals surface area contributed by atoms with Gasteiger partial charge >= 0.3 is 0 Å². The fourth-order valence-electron chi connectivity index (χ4n) is 3.38. The molecule has 2 fully saturated rings. The SMILES string of the molecule is CC(C)COC1C2CCC1N(c1ccc(C#N)cn1)C2. The largest absolute Gasteiger partial charge is 0.375 e. The number of aromatic nitrogens is 1. The molecule has 106 valence electrons. The first-order valence-corrected chi connectivity index (χ1v) is 7.43. The molecule has 1 aromatic heterocycles. The van der Waals surface area contributed by atoms with E-state index in [1.165, 1.54) is 12.8 Å². The Labute approximate surface area is 120 Å². The van der Waals surface area contributed by atoms with Gasteiger partial charge in [0.05, 0.1) is 17.7 Å². The first kappa shape index (κ1) is 13.4. The molecule has 2 bridgehead atoms. The Bertz CT molecular complexity index is 505. The molecule has 3 atom stereocenters. The van der Waals surface area contributed by atoms with E-state index in [9.17, 15) is 0 Å². The number of rotatable bonds is 4. The lowest BCUT2D eigenvalue weighted by molar-refractivity contribution is 0.0231. The van der Waals surface area contributed by atoms with Crippen LogP contribution in [-0.4, -0.2) is 30.3 Å². The summed E-state index contributed by atoms with van der Waals surface area (Å²) in [6.45, 7) is 6.26. The highest BCUT2D eigenvalue weighted by molar-refractivity contribution is 5.45. The number of hydrogen-bond acceptors (Lipinski definition) is 4. The quantitative estimate of drug-likeness (QED) is 0.844. The van der Waals surface area contributed by atoms with Crippen molar-refractivity contribution in [3.05, 3.63) is 23.9 Å². The van der Waals surface area contributed by atoms with Crippen LogP contribution in [0.3, 0.4) is 0 Å². The van der Waals surface area contributed by atoms with Gasteiger partial charge in [0.1, 0.15) is 11.9 Å². The molecule has 4 heteroatoms. The van der Waals surface area contributed by atoms with Gasteiger partial charge in [0.25, 0.3) is 0 Å². The maximum Gasteiger partial charge on any atom is 0.128 e. The molecule has 0 spiro atoms. The van der Waals surface area contributed by atoms with Crippen LogP contribution < -0.4 is 4.90 Å². The van der Waals surface area contributed by atoms with Crippen LogP contribution >= 0.6 is 0 Å². The second-order valence-electron chi connectivity index (χ2n) is 6.27. The Kier molecular flexibility index (Phi) is 3.62. The van der Waals surface area contributed by atoms with Crippen molar-refractivity contribution in [2.24, 2.45) is 11.8 Å². The molecule has 0 aromatic carbocycles. The van der Waals surface area contributed by atoms with E-state index in [2.05, 4.69) is 29.8 Å². The molecule has 0 N–H and O–H groups in total. The summed E-state index contributed by atoms with van der Waals surface area (Å²) in [6, 6.07) is 6.37. The molecule has 0 amide bonds. The average Bonchev–Trinajstić information content (AvgIpc) is 3.02. The van der Waals surface area contributed by atoms with Crippen LogP contribution in [0, 0.1) is 23.2 Å². The van der Waals surface area contributed by atoms with E-state index >= 15 is 0 Å². The van der Waals surface area contributed by atoms with Crippen molar-refractivity contribution in [2.45, 2.75) is 38.8 Å². The molecule has 1 saturated heterocycles. The summed E-state index contributed by atoms with van der Waals surface area (Å²) in [5.41, 5.74) is 0.616. The van der Waals surface area contributed by atoms with Crippen molar-refractivity contribution < 1.29 is 4.74 Å². The van der Waals surface area contributed by atoms with Gasteiger partial charge in [-0.1, -0.05) is 13.8 Å². The lowest BCUT2D eigenvalue weighted by Crippen LogP contribution is -2.36. The van der Waals surface area contributed by atoms with Crippen LogP contribution in [0.15, 0.2) is 18.3 Å². The van der Waals surface area contributed by atoms with Crippen LogP contribution in [-0.2, 0) is 4.74 Å². The van der Waals surface area contributed by atoms with Crippen molar-refractivity contribution in [1.29, 1.82) is 5.26 Å². The van der Waals surface area contributed by atoms with Gasteiger partial charge < -0.3 is 9.64 Å². The van der Waals surface area contributed by atoms with Crippen molar-refractivity contribution in [1.82, 2.24) is 4.98 Å². The molecule has 3 rings (SSSR count). The lowest BCUT2D eigenvalue weighted by Gasteiger charge is -2.28. The maximum atomic E-state index is 8.84. The second kappa shape index (κ2) is 5.41. The minimum atomic E-state index is 0.356. The number of nitriles is 1. The van der Waals surface area contributed by atoms with Crippen molar-refractivity contribution >= 4 is 5.82 Å². The average molecular weight is 271 g/mol. The van der Waals surface area contributed by atoms with Gasteiger partial charge in [-0.15, -0.1) is 0 Å². The molecule has 1 aliphatic carbocycles. The number of anilines is 1. The zero-order valence-corrected chi connectivity index (χ0v) is 12.1. The second-order valence-corrected chi connectivity index (χ2v) is 6.27. The number of fused-ring (bicyclic) bond motifs is 2. The van der Waals surface area contributed by atoms with Crippen molar-refractivity contribution in [3.63, 3.8) is 0 Å². The van der Waals surface area contributed by atoms with Crippen LogP contribution in [0.5, 0.6) is 0 Å². The molecule has 1 aromatic rings. The minimum absolute atomic E-state index is 0.356. The van der Waals surface area contributed by atoms with E-state index < -0.39 is 0 Å². The van der Waals surface area contributed by atoms with Gasteiger partial charge in [0, 0.05) is 25.3 Å². The predicted octanol–water partition coefficient (Wildman–Crippen LogP) is 2.59. The maximum absolute atomic E-state index is 8.84. The molecule has 3 unspecified atom stereocenters. The minimum Gasteiger partial charge on any atom is -0.375 e. The number of hydrogen-bond donors (Lipinski definition) is 0. The number of pyridine rings is 1. The predicted molar refractivity (Wildman–Crippen MR) is 77.4 cm³/mol. The Morgan fingerprint density at radius 2 is 2.30 bits per heavy atom. The third-order valence-corrected chi connectivity index (χ3v) is 4.30. The van der Waals surface area contributed by atoms with E-state index in [0.717, 1.165) is 19.0 Å². The Morgan fingerprint density at radius 1 is 1.45 bits per heavy atom. The first-order chi connectivity index (χ1) is 9.69. The molecule has 20 heavy (non-hydrogen) atoms. The summed E-state index contributed by atoms with van der Waals surface area (Å²) in [5.74, 6) is 2.20. The summed E-state index contributed by atoms with van der Waals surface area (Å²) < 4.78 is 6.13. The zero-order chi connectivity index (χ0) is 14.1. The molecular weight excluding hydrogens is 250 g/mol. The number of ether oxygens (including phenoxy) is 1. The summed E-state index contributed by atoms with van der Waals surface area (Å²) in [6.07, 6.45) is 4.47. The van der Waals surface area contributed by atoms with E-state index in [4.69, 9.17) is 10.00 Å². The van der Waals surface area contributed by atoms with Crippen molar-refractivity contribution in [3.8, 4) is 6.07 Å². The molecule has 1 aliphatic heterocycles. The highest BCUT2D eigenvalue weighted by Gasteiger charge is 2.48. The fourth-order valence-corrected chi connectivity index (χ4v) is 3.38. The monoisotopic (exact) mass is 271 g/mol. The summed E-state index contributed by atoms with van der Waals surface area (Å²) in [4.78, 5) is 6.79. The standard InChI is InChI=1S/C16H21N3O/c1-11(2)10-20-16-13-4-5-14(16)19(9-13)15-6-3-12(7-17)8-18-15/h3,6,8,11,13-14,16H,4-5,9-10H2,1-2H3. The van der Waals surface area contributed by atoms with E-state index in [1.807, 2.05) is 12.1 Å². The Balaban J connectivity index is 1.72. The van der Waals surface area contributed by atoms with Crippen LogP contribution in [0.4, 0.5) is 5.82 Å². The normalized spacial score (nSPS) is 28.1. The molecule has 1 saturated carbocycles. The third kappa shape index (κ3) is 2.38. The van der Waals surface area contributed by atoms with Gasteiger partial charge in [-0.05, 0) is 30.9 Å². The number of piperidine rings is 1. The van der Waals surface area contributed by atoms with Crippen LogP contribution in [0.25, 0.3) is 0 Å². The highest BCUT2D eigenvalue weighted by atomic mass is 16.5. The van der Waals surface area contributed by atoms with Crippen LogP contribution in [0.1, 0.15) is 32.3 Å². The first-order valence-electron chi connectivity index (χ1n) is 7.43. The Hall–Kier alpha value is -1.60. The van der Waals surface area contributed by atoms with E-state index in [-0.39, 0.29) is 0 Å². The molecule has 2 aliphatic rings. The van der Waals surface area contributed by atoms with Crippen LogP contribution in [0.2, 0.25) is 0 Å². The smallest absolute Gasteiger partial charge is 0.128 e. The lowest BCUT2D eigenvalue weighted by atomic mass is 10.1. The van der Waals surface area contributed by atoms with Gasteiger partial charge in [0.15, 0.2) is 0 Å². The fraction of sp³-hybridized carbons (Fsp3) is 0.625. The molecule has 2 heterocycles. The summed E-state index contributed by atoms with van der Waals surface area (Å²) >= 11 is 0. The van der Waals surface area contributed by atoms with E-state index in [1.54, 1.807) is 6.20 Å². The zero-order valence-electron chi connectivity index (χ0n) is 12.1. The van der Waals surface area contributed by atoms with Gasteiger partial charge in [0.2, 0.25) is 0 Å². The summed E-state index contributed by atoms with van der Waals surface area (Å²) in [5, 5.41) is 8.84. The van der Waals surface area contributed by atoms with Crippen molar-refractivity contribution in [2.75, 3.05) is 18.1 Å². The topological polar surface area (TPSA) is 49.1 Å².